The van der Waals surface area contributed by atoms with Gasteiger partial charge in [0, 0.05) is 22.0 Å². The number of hydrogen-bond acceptors (Lipinski definition) is 5. The van der Waals surface area contributed by atoms with Crippen molar-refractivity contribution in [2.75, 3.05) is 18.0 Å². The third-order valence-electron chi connectivity index (χ3n) is 6.06. The molecule has 1 aromatic heterocycles. The van der Waals surface area contributed by atoms with Gasteiger partial charge in [-0.15, -0.1) is 0 Å². The second-order valence-corrected chi connectivity index (χ2v) is 11.8. The van der Waals surface area contributed by atoms with Crippen LogP contribution in [0.1, 0.15) is 17.0 Å². The van der Waals surface area contributed by atoms with E-state index in [1.165, 1.54) is 43.7 Å². The number of hydrogen-bond donors (Lipinski definition) is 1. The molecule has 0 aliphatic heterocycles. The maximum Gasteiger partial charge on any atom is 0.264 e. The quantitative estimate of drug-likeness (QED) is 0.173. The van der Waals surface area contributed by atoms with Crippen LogP contribution < -0.4 is 14.5 Å². The number of carbonyl (C=O) groups excluding carboxylic acids is 1. The fourth-order valence-corrected chi connectivity index (χ4v) is 6.32. The number of sulfonamides is 1. The molecule has 3 aromatic carbocycles. The van der Waals surface area contributed by atoms with Crippen LogP contribution in [0.5, 0.6) is 5.75 Å². The zero-order valence-corrected chi connectivity index (χ0v) is 24.8. The van der Waals surface area contributed by atoms with E-state index in [1.807, 2.05) is 30.5 Å². The van der Waals surface area contributed by atoms with Gasteiger partial charge in [-0.3, -0.25) is 9.10 Å². The third-order valence-corrected chi connectivity index (χ3v) is 8.68. The largest absolute Gasteiger partial charge is 0.495 e. The van der Waals surface area contributed by atoms with E-state index in [4.69, 9.17) is 39.5 Å². The van der Waals surface area contributed by atoms with E-state index in [0.29, 0.717) is 15.8 Å². The molecule has 0 saturated heterocycles. The molecule has 0 saturated carbocycles. The summed E-state index contributed by atoms with van der Waals surface area (Å²) in [4.78, 5) is 13.0. The van der Waals surface area contributed by atoms with Crippen molar-refractivity contribution in [3.8, 4) is 11.4 Å². The predicted octanol–water partition coefficient (Wildman–Crippen LogP) is 6.41. The molecular weight excluding hydrogens is 595 g/mol. The lowest BCUT2D eigenvalue weighted by atomic mass is 10.2. The van der Waals surface area contributed by atoms with Crippen molar-refractivity contribution in [1.29, 1.82) is 0 Å². The number of amides is 1. The highest BCUT2D eigenvalue weighted by atomic mass is 35.5. The van der Waals surface area contributed by atoms with E-state index in [-0.39, 0.29) is 15.6 Å². The summed E-state index contributed by atoms with van der Waals surface area (Å²) in [6.45, 7) is 3.26. The molecule has 0 bridgehead atoms. The summed E-state index contributed by atoms with van der Waals surface area (Å²) in [5, 5.41) is 5.29. The van der Waals surface area contributed by atoms with Gasteiger partial charge in [0.2, 0.25) is 0 Å². The molecule has 0 atom stereocenters. The molecule has 8 nitrogen and oxygen atoms in total. The molecule has 0 aliphatic rings. The van der Waals surface area contributed by atoms with Gasteiger partial charge < -0.3 is 9.30 Å². The molecule has 40 heavy (non-hydrogen) atoms. The Kier molecular flexibility index (Phi) is 9.10. The molecule has 0 spiro atoms. The summed E-state index contributed by atoms with van der Waals surface area (Å²) in [6.07, 6.45) is 1.49. The zero-order chi connectivity index (χ0) is 29.0. The van der Waals surface area contributed by atoms with Crippen LogP contribution in [-0.2, 0) is 14.8 Å². The standard InChI is InChI=1S/C28H25Cl3N4O4S/c1-18-13-20(19(2)35(18)26-11-9-21(29)14-24(26)30)16-32-33-28(36)17-34(22-10-12-27(39-3)25(31)15-22)40(37,38)23-7-5-4-6-8-23/h4-16H,17H2,1-3H3,(H,33,36)/b32-16-. The minimum absolute atomic E-state index is 0.0199. The fraction of sp³-hybridized carbons (Fsp3) is 0.143. The van der Waals surface area contributed by atoms with Gasteiger partial charge in [-0.2, -0.15) is 5.10 Å². The molecule has 4 rings (SSSR count). The average molecular weight is 620 g/mol. The summed E-state index contributed by atoms with van der Waals surface area (Å²) in [5.74, 6) is -0.286. The lowest BCUT2D eigenvalue weighted by Gasteiger charge is -2.24. The van der Waals surface area contributed by atoms with Crippen LogP contribution in [-0.4, -0.2) is 38.8 Å². The Balaban J connectivity index is 1.58. The summed E-state index contributed by atoms with van der Waals surface area (Å²) in [6, 6.07) is 19.4. The number of halogens is 3. The van der Waals surface area contributed by atoms with Gasteiger partial charge in [-0.05, 0) is 68.4 Å². The number of nitrogens with zero attached hydrogens (tertiary/aromatic N) is 3. The summed E-state index contributed by atoms with van der Waals surface area (Å²) >= 11 is 18.7. The SMILES string of the molecule is COc1ccc(N(CC(=O)N/N=C\c2cc(C)n(-c3ccc(Cl)cc3Cl)c2C)S(=O)(=O)c2ccccc2)cc1Cl. The lowest BCUT2D eigenvalue weighted by Crippen LogP contribution is -2.39. The Morgan fingerprint density at radius 3 is 2.38 bits per heavy atom. The van der Waals surface area contributed by atoms with Crippen molar-refractivity contribution in [2.24, 2.45) is 5.10 Å². The van der Waals surface area contributed by atoms with Gasteiger partial charge in [0.15, 0.2) is 0 Å². The van der Waals surface area contributed by atoms with Crippen LogP contribution in [0.4, 0.5) is 5.69 Å². The van der Waals surface area contributed by atoms with E-state index >= 15 is 0 Å². The van der Waals surface area contributed by atoms with E-state index in [9.17, 15) is 13.2 Å². The molecule has 0 fully saturated rings. The number of methoxy groups -OCH3 is 1. The molecule has 208 valence electrons. The molecule has 1 amide bonds. The highest BCUT2D eigenvalue weighted by molar-refractivity contribution is 7.92. The number of carbonyl (C=O) groups is 1. The van der Waals surface area contributed by atoms with Crippen LogP contribution >= 0.6 is 34.8 Å². The number of aromatic nitrogens is 1. The van der Waals surface area contributed by atoms with E-state index in [0.717, 1.165) is 26.9 Å². The van der Waals surface area contributed by atoms with Gasteiger partial charge in [0.1, 0.15) is 12.3 Å². The van der Waals surface area contributed by atoms with Crippen LogP contribution in [0, 0.1) is 13.8 Å². The first-order valence-electron chi connectivity index (χ1n) is 11.9. The number of aryl methyl sites for hydroxylation is 1. The first-order valence-corrected chi connectivity index (χ1v) is 14.5. The first-order chi connectivity index (χ1) is 19.0. The third kappa shape index (κ3) is 6.28. The number of nitrogens with one attached hydrogen (secondary N) is 1. The van der Waals surface area contributed by atoms with Crippen molar-refractivity contribution >= 4 is 62.6 Å². The number of hydrazone groups is 1. The van der Waals surface area contributed by atoms with Crippen molar-refractivity contribution in [1.82, 2.24) is 9.99 Å². The molecular formula is C28H25Cl3N4O4S. The number of benzene rings is 3. The van der Waals surface area contributed by atoms with Gasteiger partial charge in [-0.25, -0.2) is 13.8 Å². The van der Waals surface area contributed by atoms with E-state index in [1.54, 1.807) is 30.3 Å². The zero-order valence-electron chi connectivity index (χ0n) is 21.7. The Labute approximate surface area is 247 Å². The van der Waals surface area contributed by atoms with Crippen LogP contribution in [0.25, 0.3) is 5.69 Å². The second kappa shape index (κ2) is 12.3. The Hall–Kier alpha value is -3.50. The average Bonchev–Trinajstić information content (AvgIpc) is 3.20. The van der Waals surface area contributed by atoms with Crippen molar-refractivity contribution < 1.29 is 17.9 Å². The van der Waals surface area contributed by atoms with Gasteiger partial charge in [0.05, 0.1) is 39.6 Å². The van der Waals surface area contributed by atoms with E-state index in [2.05, 4.69) is 10.5 Å². The van der Waals surface area contributed by atoms with Gasteiger partial charge >= 0.3 is 0 Å². The fourth-order valence-electron chi connectivity index (χ4n) is 4.14. The Morgan fingerprint density at radius 1 is 1.00 bits per heavy atom. The highest BCUT2D eigenvalue weighted by Crippen LogP contribution is 2.32. The minimum atomic E-state index is -4.11. The molecule has 1 N–H and O–H groups in total. The molecule has 4 aromatic rings. The van der Waals surface area contributed by atoms with Gasteiger partial charge in [-0.1, -0.05) is 53.0 Å². The van der Waals surface area contributed by atoms with Crippen LogP contribution in [0.2, 0.25) is 15.1 Å². The number of rotatable bonds is 9. The van der Waals surface area contributed by atoms with Crippen molar-refractivity contribution in [2.45, 2.75) is 18.7 Å². The van der Waals surface area contributed by atoms with Crippen LogP contribution in [0.15, 0.2) is 82.8 Å². The minimum Gasteiger partial charge on any atom is -0.495 e. The molecule has 1 heterocycles. The Morgan fingerprint density at radius 2 is 1.73 bits per heavy atom. The highest BCUT2D eigenvalue weighted by Gasteiger charge is 2.27. The predicted molar refractivity (Wildman–Crippen MR) is 160 cm³/mol. The van der Waals surface area contributed by atoms with Crippen molar-refractivity contribution in [3.63, 3.8) is 0 Å². The van der Waals surface area contributed by atoms with E-state index < -0.39 is 22.5 Å². The molecule has 12 heteroatoms. The van der Waals surface area contributed by atoms with Crippen LogP contribution in [0.3, 0.4) is 0 Å². The second-order valence-electron chi connectivity index (χ2n) is 8.69. The molecule has 0 aliphatic carbocycles. The maximum atomic E-state index is 13.5. The smallest absolute Gasteiger partial charge is 0.264 e. The van der Waals surface area contributed by atoms with Crippen molar-refractivity contribution in [3.05, 3.63) is 105 Å². The molecule has 0 unspecified atom stereocenters. The van der Waals surface area contributed by atoms with Gasteiger partial charge in [0.25, 0.3) is 15.9 Å². The summed E-state index contributed by atoms with van der Waals surface area (Å²) in [5.41, 5.74) is 5.83. The lowest BCUT2D eigenvalue weighted by molar-refractivity contribution is -0.119. The summed E-state index contributed by atoms with van der Waals surface area (Å²) in [7, 11) is -2.66. The normalized spacial score (nSPS) is 11.6. The maximum absolute atomic E-state index is 13.5. The Bertz CT molecular complexity index is 1690. The topological polar surface area (TPSA) is 93.0 Å². The number of anilines is 1. The number of ether oxygens (including phenoxy) is 1. The molecule has 0 radical (unpaired) electrons. The first kappa shape index (κ1) is 29.5. The summed E-state index contributed by atoms with van der Waals surface area (Å²) < 4.78 is 35.1. The monoisotopic (exact) mass is 618 g/mol.